The number of hydrogen-bond acceptors (Lipinski definition) is 4. The molecule has 1 saturated heterocycles. The number of nitrogen functional groups attached to an aromatic ring is 1. The second-order valence-corrected chi connectivity index (χ2v) is 4.47. The first-order valence-corrected chi connectivity index (χ1v) is 6.03. The summed E-state index contributed by atoms with van der Waals surface area (Å²) in [6.45, 7) is 1.54. The monoisotopic (exact) mass is 250 g/mol. The van der Waals surface area contributed by atoms with Gasteiger partial charge in [0.2, 0.25) is 0 Å². The largest absolute Gasteiger partial charge is 0.478 e. The van der Waals surface area contributed by atoms with Gasteiger partial charge in [0.1, 0.15) is 0 Å². The summed E-state index contributed by atoms with van der Waals surface area (Å²) in [6, 6.07) is 5.00. The average molecular weight is 250 g/mol. The van der Waals surface area contributed by atoms with Crippen molar-refractivity contribution in [1.82, 2.24) is 0 Å². The van der Waals surface area contributed by atoms with Gasteiger partial charge >= 0.3 is 5.97 Å². The summed E-state index contributed by atoms with van der Waals surface area (Å²) in [5, 5.41) is 9.21. The summed E-state index contributed by atoms with van der Waals surface area (Å²) in [5.74, 6) is -0.939. The van der Waals surface area contributed by atoms with E-state index in [9.17, 15) is 9.90 Å². The molecule has 5 heteroatoms. The van der Waals surface area contributed by atoms with Crippen LogP contribution in [-0.2, 0) is 4.74 Å². The van der Waals surface area contributed by atoms with Crippen molar-refractivity contribution < 1.29 is 14.6 Å². The van der Waals surface area contributed by atoms with Crippen LogP contribution < -0.4 is 10.6 Å². The van der Waals surface area contributed by atoms with Crippen LogP contribution in [0, 0.1) is 0 Å². The normalized spacial score (nSPS) is 16.8. The predicted molar refractivity (Wildman–Crippen MR) is 70.1 cm³/mol. The van der Waals surface area contributed by atoms with E-state index in [1.165, 1.54) is 0 Å². The van der Waals surface area contributed by atoms with E-state index in [-0.39, 0.29) is 11.7 Å². The summed E-state index contributed by atoms with van der Waals surface area (Å²) in [4.78, 5) is 13.3. The first-order valence-electron chi connectivity index (χ1n) is 6.03. The number of nitrogens with two attached hydrogens (primary N) is 1. The summed E-state index contributed by atoms with van der Waals surface area (Å²) in [5.41, 5.74) is 7.35. The van der Waals surface area contributed by atoms with Crippen molar-refractivity contribution in [1.29, 1.82) is 0 Å². The lowest BCUT2D eigenvalue weighted by atomic mass is 10.0. The van der Waals surface area contributed by atoms with Crippen molar-refractivity contribution in [2.75, 3.05) is 30.8 Å². The highest BCUT2D eigenvalue weighted by atomic mass is 16.5. The molecule has 0 unspecified atom stereocenters. The summed E-state index contributed by atoms with van der Waals surface area (Å²) >= 11 is 0. The van der Waals surface area contributed by atoms with Gasteiger partial charge in [-0.3, -0.25) is 0 Å². The molecule has 0 aliphatic carbocycles. The van der Waals surface area contributed by atoms with Crippen LogP contribution in [-0.4, -0.2) is 37.4 Å². The first-order chi connectivity index (χ1) is 8.63. The number of nitrogens with zero attached hydrogens (tertiary/aromatic N) is 1. The third-order valence-electron chi connectivity index (χ3n) is 3.39. The zero-order chi connectivity index (χ0) is 13.1. The van der Waals surface area contributed by atoms with Crippen molar-refractivity contribution in [2.24, 2.45) is 0 Å². The molecule has 1 fully saturated rings. The highest BCUT2D eigenvalue weighted by Crippen LogP contribution is 2.30. The van der Waals surface area contributed by atoms with Crippen molar-refractivity contribution >= 4 is 17.3 Å². The Labute approximate surface area is 106 Å². The van der Waals surface area contributed by atoms with Crippen LogP contribution in [0.1, 0.15) is 23.2 Å². The number of rotatable bonds is 3. The Balaban J connectivity index is 2.26. The molecule has 1 aromatic carbocycles. The van der Waals surface area contributed by atoms with E-state index in [1.54, 1.807) is 25.3 Å². The van der Waals surface area contributed by atoms with Crippen LogP contribution >= 0.6 is 0 Å². The summed E-state index contributed by atoms with van der Waals surface area (Å²) in [6.07, 6.45) is 2.05. The number of aromatic carboxylic acids is 1. The van der Waals surface area contributed by atoms with E-state index in [4.69, 9.17) is 10.5 Å². The average Bonchev–Trinajstić information content (AvgIpc) is 2.38. The lowest BCUT2D eigenvalue weighted by Gasteiger charge is -2.34. The van der Waals surface area contributed by atoms with Crippen LogP contribution in [0.15, 0.2) is 18.2 Å². The Hall–Kier alpha value is -1.75. The number of anilines is 2. The Morgan fingerprint density at radius 2 is 2.11 bits per heavy atom. The molecule has 0 atom stereocenters. The van der Waals surface area contributed by atoms with Gasteiger partial charge in [-0.1, -0.05) is 6.07 Å². The van der Waals surface area contributed by atoms with Crippen LogP contribution in [0.5, 0.6) is 0 Å². The van der Waals surface area contributed by atoms with Gasteiger partial charge in [-0.15, -0.1) is 0 Å². The lowest BCUT2D eigenvalue weighted by molar-refractivity contribution is 0.0696. The maximum atomic E-state index is 11.2. The van der Waals surface area contributed by atoms with E-state index >= 15 is 0 Å². The van der Waals surface area contributed by atoms with Crippen LogP contribution in [0.2, 0.25) is 0 Å². The minimum atomic E-state index is -0.939. The Kier molecular flexibility index (Phi) is 3.72. The molecule has 0 aromatic heterocycles. The number of benzene rings is 1. The molecular formula is C13H18N2O3. The molecule has 3 N–H and O–H groups in total. The summed E-state index contributed by atoms with van der Waals surface area (Å²) in [7, 11) is 1.71. The molecule has 1 aliphatic heterocycles. The number of carboxylic acid groups (broad SMARTS) is 1. The van der Waals surface area contributed by atoms with Crippen molar-refractivity contribution in [3.8, 4) is 0 Å². The SMILES string of the molecule is COC1CCN(c2c(N)cccc2C(=O)O)CC1. The molecule has 0 saturated carbocycles. The van der Waals surface area contributed by atoms with E-state index in [0.717, 1.165) is 25.9 Å². The number of carbonyl (C=O) groups is 1. The number of piperidine rings is 1. The van der Waals surface area contributed by atoms with Gasteiger partial charge in [-0.05, 0) is 25.0 Å². The van der Waals surface area contributed by atoms with E-state index in [0.29, 0.717) is 11.4 Å². The number of para-hydroxylation sites is 1. The fraction of sp³-hybridized carbons (Fsp3) is 0.462. The molecule has 5 nitrogen and oxygen atoms in total. The van der Waals surface area contributed by atoms with Crippen molar-refractivity contribution in [2.45, 2.75) is 18.9 Å². The number of ether oxygens (including phenoxy) is 1. The zero-order valence-corrected chi connectivity index (χ0v) is 10.4. The molecule has 0 radical (unpaired) electrons. The zero-order valence-electron chi connectivity index (χ0n) is 10.4. The molecule has 1 aliphatic rings. The molecule has 0 amide bonds. The van der Waals surface area contributed by atoms with Crippen molar-refractivity contribution in [3.05, 3.63) is 23.8 Å². The maximum Gasteiger partial charge on any atom is 0.337 e. The molecule has 18 heavy (non-hydrogen) atoms. The van der Waals surface area contributed by atoms with Crippen molar-refractivity contribution in [3.63, 3.8) is 0 Å². The predicted octanol–water partition coefficient (Wildman–Crippen LogP) is 1.58. The van der Waals surface area contributed by atoms with E-state index in [1.807, 2.05) is 4.90 Å². The Morgan fingerprint density at radius 3 is 2.67 bits per heavy atom. The van der Waals surface area contributed by atoms with Gasteiger partial charge in [0.25, 0.3) is 0 Å². The molecular weight excluding hydrogens is 232 g/mol. The summed E-state index contributed by atoms with van der Waals surface area (Å²) < 4.78 is 5.31. The lowest BCUT2D eigenvalue weighted by Crippen LogP contribution is -2.37. The number of hydrogen-bond donors (Lipinski definition) is 2. The highest BCUT2D eigenvalue weighted by Gasteiger charge is 2.24. The molecule has 1 aromatic rings. The van der Waals surface area contributed by atoms with Gasteiger partial charge in [0.05, 0.1) is 23.0 Å². The maximum absolute atomic E-state index is 11.2. The van der Waals surface area contributed by atoms with Gasteiger partial charge in [0.15, 0.2) is 0 Å². The smallest absolute Gasteiger partial charge is 0.337 e. The van der Waals surface area contributed by atoms with E-state index in [2.05, 4.69) is 0 Å². The molecule has 0 spiro atoms. The Morgan fingerprint density at radius 1 is 1.44 bits per heavy atom. The van der Waals surface area contributed by atoms with Gasteiger partial charge in [-0.2, -0.15) is 0 Å². The van der Waals surface area contributed by atoms with Crippen LogP contribution in [0.4, 0.5) is 11.4 Å². The molecule has 2 rings (SSSR count). The molecule has 0 bridgehead atoms. The van der Waals surface area contributed by atoms with Crippen LogP contribution in [0.25, 0.3) is 0 Å². The Bertz CT molecular complexity index is 440. The quantitative estimate of drug-likeness (QED) is 0.797. The third kappa shape index (κ3) is 2.41. The fourth-order valence-electron chi connectivity index (χ4n) is 2.40. The third-order valence-corrected chi connectivity index (χ3v) is 3.39. The second kappa shape index (κ2) is 5.27. The van der Waals surface area contributed by atoms with E-state index < -0.39 is 5.97 Å². The highest BCUT2D eigenvalue weighted by molar-refractivity contribution is 5.98. The standard InChI is InChI=1S/C13H18N2O3/c1-18-9-5-7-15(8-6-9)12-10(13(16)17)3-2-4-11(12)14/h2-4,9H,5-8,14H2,1H3,(H,16,17). The van der Waals surface area contributed by atoms with Gasteiger partial charge in [0, 0.05) is 20.2 Å². The molecule has 1 heterocycles. The fourth-order valence-corrected chi connectivity index (χ4v) is 2.40. The van der Waals surface area contributed by atoms with Gasteiger partial charge in [-0.25, -0.2) is 4.79 Å². The topological polar surface area (TPSA) is 75.8 Å². The molecule has 98 valence electrons. The minimum absolute atomic E-state index is 0.263. The second-order valence-electron chi connectivity index (χ2n) is 4.47. The number of carboxylic acids is 1. The number of methoxy groups -OCH3 is 1. The van der Waals surface area contributed by atoms with Crippen LogP contribution in [0.3, 0.4) is 0 Å². The van der Waals surface area contributed by atoms with Gasteiger partial charge < -0.3 is 20.5 Å². The minimum Gasteiger partial charge on any atom is -0.478 e. The first kappa shape index (κ1) is 12.7.